The summed E-state index contributed by atoms with van der Waals surface area (Å²) in [4.78, 5) is 12.6. The Morgan fingerprint density at radius 3 is 2.78 bits per heavy atom. The molecule has 1 aliphatic carbocycles. The maximum Gasteiger partial charge on any atom is 0.196 e. The minimum absolute atomic E-state index is 0.00285. The van der Waals surface area contributed by atoms with Crippen molar-refractivity contribution in [3.63, 3.8) is 0 Å². The van der Waals surface area contributed by atoms with Crippen LogP contribution in [-0.4, -0.2) is 29.9 Å². The lowest BCUT2D eigenvalue weighted by Gasteiger charge is -2.35. The third kappa shape index (κ3) is 1.56. The quantitative estimate of drug-likeness (QED) is 0.660. The minimum Gasteiger partial charge on any atom is -0.493 e. The number of carbonyl (C=O) groups excluding carboxylic acids is 1. The highest BCUT2D eigenvalue weighted by atomic mass is 16.8. The second kappa shape index (κ2) is 3.45. The largest absolute Gasteiger partial charge is 0.493 e. The van der Waals surface area contributed by atoms with E-state index in [0.717, 1.165) is 16.9 Å². The van der Waals surface area contributed by atoms with Gasteiger partial charge in [-0.2, -0.15) is 0 Å². The molecule has 1 fully saturated rings. The van der Waals surface area contributed by atoms with Crippen molar-refractivity contribution in [3.05, 3.63) is 23.0 Å². The molecule has 0 spiro atoms. The van der Waals surface area contributed by atoms with Gasteiger partial charge in [0.25, 0.3) is 0 Å². The fraction of sp³-hybridized carbons (Fsp3) is 0.643. The molecule has 2 aliphatic heterocycles. The summed E-state index contributed by atoms with van der Waals surface area (Å²) in [6.45, 7) is 7.77. The number of carbonyl (C=O) groups is 1. The zero-order valence-corrected chi connectivity index (χ0v) is 11.2. The van der Waals surface area contributed by atoms with E-state index in [0.29, 0.717) is 13.0 Å². The smallest absolute Gasteiger partial charge is 0.196 e. The molecular weight excluding hydrogens is 232 g/mol. The number of rotatable bonds is 0. The summed E-state index contributed by atoms with van der Waals surface area (Å²) >= 11 is 0. The number of allylic oxidation sites excluding steroid dienone is 2. The van der Waals surface area contributed by atoms with E-state index in [2.05, 4.69) is 0 Å². The summed E-state index contributed by atoms with van der Waals surface area (Å²) < 4.78 is 17.2. The van der Waals surface area contributed by atoms with E-state index in [1.165, 1.54) is 0 Å². The fourth-order valence-corrected chi connectivity index (χ4v) is 3.03. The topological polar surface area (TPSA) is 44.8 Å². The average molecular weight is 250 g/mol. The van der Waals surface area contributed by atoms with Crippen LogP contribution in [0.3, 0.4) is 0 Å². The Bertz CT molecular complexity index is 486. The first-order chi connectivity index (χ1) is 8.32. The molecule has 4 heteroatoms. The van der Waals surface area contributed by atoms with Gasteiger partial charge >= 0.3 is 0 Å². The Morgan fingerprint density at radius 1 is 1.33 bits per heavy atom. The van der Waals surface area contributed by atoms with Gasteiger partial charge in [0.1, 0.15) is 12.7 Å². The molecule has 2 heterocycles. The predicted octanol–water partition coefficient (Wildman–Crippen LogP) is 2.10. The van der Waals surface area contributed by atoms with Crippen LogP contribution in [0.25, 0.3) is 0 Å². The predicted molar refractivity (Wildman–Crippen MR) is 64.8 cm³/mol. The lowest BCUT2D eigenvalue weighted by molar-refractivity contribution is -0.167. The number of ether oxygens (including phenoxy) is 3. The monoisotopic (exact) mass is 250 g/mol. The van der Waals surface area contributed by atoms with Gasteiger partial charge in [0.15, 0.2) is 17.2 Å². The lowest BCUT2D eigenvalue weighted by atomic mass is 9.77. The first-order valence-electron chi connectivity index (χ1n) is 6.28. The Kier molecular flexibility index (Phi) is 2.29. The van der Waals surface area contributed by atoms with Gasteiger partial charge in [-0.05, 0) is 39.3 Å². The van der Waals surface area contributed by atoms with Gasteiger partial charge in [-0.3, -0.25) is 4.79 Å². The van der Waals surface area contributed by atoms with Crippen LogP contribution in [0.2, 0.25) is 0 Å². The molecule has 0 N–H and O–H groups in total. The van der Waals surface area contributed by atoms with Crippen LogP contribution in [-0.2, 0) is 19.0 Å². The summed E-state index contributed by atoms with van der Waals surface area (Å²) in [6.07, 6.45) is 2.44. The molecule has 4 nitrogen and oxygen atoms in total. The van der Waals surface area contributed by atoms with Crippen molar-refractivity contribution in [2.45, 2.75) is 51.6 Å². The maximum absolute atomic E-state index is 12.6. The summed E-state index contributed by atoms with van der Waals surface area (Å²) in [5.41, 5.74) is 0.901. The molecule has 0 bridgehead atoms. The van der Waals surface area contributed by atoms with Crippen molar-refractivity contribution in [1.82, 2.24) is 0 Å². The van der Waals surface area contributed by atoms with Gasteiger partial charge in [-0.25, -0.2) is 0 Å². The van der Waals surface area contributed by atoms with Crippen molar-refractivity contribution >= 4 is 5.78 Å². The molecule has 3 aliphatic rings. The van der Waals surface area contributed by atoms with Crippen LogP contribution in [0.1, 0.15) is 34.1 Å². The van der Waals surface area contributed by atoms with E-state index in [1.54, 1.807) is 0 Å². The van der Waals surface area contributed by atoms with E-state index >= 15 is 0 Å². The fourth-order valence-electron chi connectivity index (χ4n) is 3.03. The Morgan fingerprint density at radius 2 is 2.06 bits per heavy atom. The summed E-state index contributed by atoms with van der Waals surface area (Å²) in [7, 11) is 0. The molecule has 18 heavy (non-hydrogen) atoms. The summed E-state index contributed by atoms with van der Waals surface area (Å²) in [5.74, 6) is 0.148. The molecular formula is C14H18O4. The summed E-state index contributed by atoms with van der Waals surface area (Å²) in [6, 6.07) is 0. The van der Waals surface area contributed by atoms with Crippen LogP contribution < -0.4 is 0 Å². The molecule has 0 saturated carbocycles. The van der Waals surface area contributed by atoms with Gasteiger partial charge in [0, 0.05) is 12.0 Å². The summed E-state index contributed by atoms with van der Waals surface area (Å²) in [5, 5.41) is 0. The van der Waals surface area contributed by atoms with E-state index in [1.807, 2.05) is 33.8 Å². The van der Waals surface area contributed by atoms with E-state index in [-0.39, 0.29) is 11.9 Å². The van der Waals surface area contributed by atoms with E-state index in [9.17, 15) is 4.79 Å². The second-order valence-electron chi connectivity index (χ2n) is 5.80. The van der Waals surface area contributed by atoms with Crippen LogP contribution in [0.4, 0.5) is 0 Å². The second-order valence-corrected chi connectivity index (χ2v) is 5.80. The van der Waals surface area contributed by atoms with Crippen molar-refractivity contribution < 1.29 is 19.0 Å². The zero-order valence-electron chi connectivity index (χ0n) is 11.2. The molecule has 2 atom stereocenters. The van der Waals surface area contributed by atoms with Gasteiger partial charge in [-0.1, -0.05) is 0 Å². The van der Waals surface area contributed by atoms with Crippen LogP contribution in [0, 0.1) is 0 Å². The molecule has 0 aromatic heterocycles. The molecule has 98 valence electrons. The highest BCUT2D eigenvalue weighted by Crippen LogP contribution is 2.45. The molecule has 0 aromatic rings. The first-order valence-corrected chi connectivity index (χ1v) is 6.28. The van der Waals surface area contributed by atoms with E-state index in [4.69, 9.17) is 14.2 Å². The van der Waals surface area contributed by atoms with Crippen LogP contribution >= 0.6 is 0 Å². The van der Waals surface area contributed by atoms with Crippen molar-refractivity contribution in [2.75, 3.05) is 6.61 Å². The number of ketones is 1. The highest BCUT2D eigenvalue weighted by molar-refractivity contribution is 6.05. The molecule has 0 unspecified atom stereocenters. The normalized spacial score (nSPS) is 37.9. The Hall–Kier alpha value is -1.13. The van der Waals surface area contributed by atoms with E-state index < -0.39 is 11.4 Å². The third-order valence-electron chi connectivity index (χ3n) is 3.84. The Labute approximate surface area is 107 Å². The molecule has 1 saturated heterocycles. The zero-order chi connectivity index (χ0) is 13.1. The maximum atomic E-state index is 12.6. The molecule has 0 radical (unpaired) electrons. The number of fused-ring (bicyclic) bond motifs is 1. The minimum atomic E-state index is -0.870. The van der Waals surface area contributed by atoms with Crippen LogP contribution in [0.5, 0.6) is 0 Å². The van der Waals surface area contributed by atoms with Gasteiger partial charge in [0.05, 0.1) is 5.76 Å². The third-order valence-corrected chi connectivity index (χ3v) is 3.84. The molecule has 0 aromatic carbocycles. The SMILES string of the molecule is CC1=CC2=C(CO1)C(=O)[C@]1(C)OC(C)(C)O[C@@H]1C2. The Balaban J connectivity index is 2.03. The van der Waals surface area contributed by atoms with Gasteiger partial charge in [0.2, 0.25) is 0 Å². The first kappa shape index (κ1) is 11.9. The van der Waals surface area contributed by atoms with Crippen molar-refractivity contribution in [2.24, 2.45) is 0 Å². The van der Waals surface area contributed by atoms with Crippen LogP contribution in [0.15, 0.2) is 23.0 Å². The van der Waals surface area contributed by atoms with Gasteiger partial charge in [-0.15, -0.1) is 0 Å². The number of Topliss-reactive ketones (excluding diaryl/α,β-unsaturated/α-hetero) is 1. The highest BCUT2D eigenvalue weighted by Gasteiger charge is 2.58. The standard InChI is InChI=1S/C14H18O4/c1-8-5-9-6-11-14(4,18-13(2,3)17-11)12(15)10(9)7-16-8/h5,11H,6-7H2,1-4H3/t11-,14-/m1/s1. The average Bonchev–Trinajstić information content (AvgIpc) is 2.48. The molecule has 0 amide bonds. The number of hydrogen-bond donors (Lipinski definition) is 0. The number of hydrogen-bond acceptors (Lipinski definition) is 4. The molecule has 3 rings (SSSR count). The van der Waals surface area contributed by atoms with Crippen molar-refractivity contribution in [3.8, 4) is 0 Å². The van der Waals surface area contributed by atoms with Crippen molar-refractivity contribution in [1.29, 1.82) is 0 Å². The van der Waals surface area contributed by atoms with Gasteiger partial charge < -0.3 is 14.2 Å². The lowest BCUT2D eigenvalue weighted by Crippen LogP contribution is -2.50.